The average Bonchev–Trinajstić information content (AvgIpc) is 3.44. The molecule has 1 atom stereocenters. The number of aromatic nitrogens is 1. The number of ether oxygens (including phenoxy) is 1. The number of para-hydroxylation sites is 1. The van der Waals surface area contributed by atoms with E-state index in [4.69, 9.17) is 10.5 Å². The second-order valence-electron chi connectivity index (χ2n) is 6.50. The Labute approximate surface area is 145 Å². The van der Waals surface area contributed by atoms with Crippen molar-refractivity contribution in [3.05, 3.63) is 35.9 Å². The van der Waals surface area contributed by atoms with Gasteiger partial charge in [-0.05, 0) is 25.0 Å². The van der Waals surface area contributed by atoms with Crippen LogP contribution in [0.3, 0.4) is 0 Å². The average molecular weight is 340 g/mol. The van der Waals surface area contributed by atoms with Gasteiger partial charge in [-0.25, -0.2) is 4.98 Å². The molecule has 1 aromatic carbocycles. The molecule has 0 radical (unpaired) electrons. The van der Waals surface area contributed by atoms with E-state index >= 15 is 0 Å². The van der Waals surface area contributed by atoms with Gasteiger partial charge >= 0.3 is 0 Å². The molecule has 2 aliphatic rings. The van der Waals surface area contributed by atoms with Crippen molar-refractivity contribution >= 4 is 28.5 Å². The van der Waals surface area contributed by atoms with Crippen LogP contribution in [0.2, 0.25) is 0 Å². The molecule has 2 aromatic rings. The van der Waals surface area contributed by atoms with Gasteiger partial charge in [0.25, 0.3) is 5.91 Å². The van der Waals surface area contributed by atoms with Crippen molar-refractivity contribution in [3.8, 4) is 0 Å². The molecule has 0 bridgehead atoms. The third-order valence-corrected chi connectivity index (χ3v) is 4.57. The lowest BCUT2D eigenvalue weighted by Gasteiger charge is -2.32. The van der Waals surface area contributed by atoms with E-state index in [1.165, 1.54) is 0 Å². The molecule has 2 amide bonds. The molecule has 7 heteroatoms. The number of fused-ring (bicyclic) bond motifs is 1. The number of rotatable bonds is 4. The second-order valence-corrected chi connectivity index (χ2v) is 6.50. The number of nitrogens with zero attached hydrogens (tertiary/aromatic N) is 2. The number of hydrogen-bond donors (Lipinski definition) is 2. The predicted molar refractivity (Wildman–Crippen MR) is 93.4 cm³/mol. The SMILES string of the molecule is NC(=O)C1CN(c2cc(C(=O)NC3CC3)c3ccccc3n2)CCO1. The van der Waals surface area contributed by atoms with Gasteiger partial charge in [-0.2, -0.15) is 0 Å². The van der Waals surface area contributed by atoms with Crippen LogP contribution in [0.5, 0.6) is 0 Å². The summed E-state index contributed by atoms with van der Waals surface area (Å²) in [4.78, 5) is 30.7. The lowest BCUT2D eigenvalue weighted by molar-refractivity contribution is -0.130. The Morgan fingerprint density at radius 3 is 2.84 bits per heavy atom. The highest BCUT2D eigenvalue weighted by atomic mass is 16.5. The lowest BCUT2D eigenvalue weighted by atomic mass is 10.1. The van der Waals surface area contributed by atoms with Crippen LogP contribution in [0.4, 0.5) is 5.82 Å². The first kappa shape index (κ1) is 15.8. The Morgan fingerprint density at radius 2 is 2.08 bits per heavy atom. The largest absolute Gasteiger partial charge is 0.367 e. The third-order valence-electron chi connectivity index (χ3n) is 4.57. The summed E-state index contributed by atoms with van der Waals surface area (Å²) >= 11 is 0. The van der Waals surface area contributed by atoms with Crippen molar-refractivity contribution in [3.63, 3.8) is 0 Å². The lowest BCUT2D eigenvalue weighted by Crippen LogP contribution is -2.48. The van der Waals surface area contributed by atoms with Gasteiger partial charge in [0.2, 0.25) is 5.91 Å². The molecule has 0 spiro atoms. The Balaban J connectivity index is 1.71. The van der Waals surface area contributed by atoms with Crippen LogP contribution in [0.25, 0.3) is 10.9 Å². The van der Waals surface area contributed by atoms with E-state index in [2.05, 4.69) is 10.3 Å². The van der Waals surface area contributed by atoms with Gasteiger partial charge in [-0.15, -0.1) is 0 Å². The maximum Gasteiger partial charge on any atom is 0.252 e. The third kappa shape index (κ3) is 3.28. The number of nitrogens with two attached hydrogens (primary N) is 1. The number of carbonyl (C=O) groups is 2. The minimum absolute atomic E-state index is 0.0814. The highest BCUT2D eigenvalue weighted by Gasteiger charge is 2.28. The predicted octanol–water partition coefficient (Wildman–Crippen LogP) is 0.817. The quantitative estimate of drug-likeness (QED) is 0.859. The van der Waals surface area contributed by atoms with Gasteiger partial charge < -0.3 is 20.7 Å². The molecule has 2 fully saturated rings. The first-order valence-corrected chi connectivity index (χ1v) is 8.48. The minimum atomic E-state index is -0.661. The Kier molecular flexibility index (Phi) is 4.01. The number of benzene rings is 1. The van der Waals surface area contributed by atoms with Crippen molar-refractivity contribution in [2.45, 2.75) is 25.0 Å². The molecule has 1 aliphatic heterocycles. The van der Waals surface area contributed by atoms with Crippen LogP contribution in [0.15, 0.2) is 30.3 Å². The summed E-state index contributed by atoms with van der Waals surface area (Å²) in [5.74, 6) is 0.0912. The van der Waals surface area contributed by atoms with Gasteiger partial charge in [-0.3, -0.25) is 9.59 Å². The van der Waals surface area contributed by atoms with E-state index in [0.29, 0.717) is 31.1 Å². The van der Waals surface area contributed by atoms with E-state index in [0.717, 1.165) is 23.7 Å². The fraction of sp³-hybridized carbons (Fsp3) is 0.389. The van der Waals surface area contributed by atoms with Gasteiger partial charge in [0.1, 0.15) is 5.82 Å². The summed E-state index contributed by atoms with van der Waals surface area (Å²) in [7, 11) is 0. The molecule has 1 aromatic heterocycles. The number of amides is 2. The summed E-state index contributed by atoms with van der Waals surface area (Å²) in [6.07, 6.45) is 1.40. The molecule has 1 saturated carbocycles. The van der Waals surface area contributed by atoms with E-state index < -0.39 is 12.0 Å². The summed E-state index contributed by atoms with van der Waals surface area (Å²) in [5.41, 5.74) is 6.72. The molecule has 1 aliphatic carbocycles. The van der Waals surface area contributed by atoms with E-state index in [-0.39, 0.29) is 11.9 Å². The zero-order valence-corrected chi connectivity index (χ0v) is 13.8. The van der Waals surface area contributed by atoms with Crippen molar-refractivity contribution in [1.82, 2.24) is 10.3 Å². The first-order chi connectivity index (χ1) is 12.1. The maximum absolute atomic E-state index is 12.7. The maximum atomic E-state index is 12.7. The molecule has 7 nitrogen and oxygen atoms in total. The highest BCUT2D eigenvalue weighted by molar-refractivity contribution is 6.07. The van der Waals surface area contributed by atoms with Crippen molar-refractivity contribution in [2.24, 2.45) is 5.73 Å². The molecule has 3 N–H and O–H groups in total. The number of pyridine rings is 1. The van der Waals surface area contributed by atoms with Crippen molar-refractivity contribution < 1.29 is 14.3 Å². The summed E-state index contributed by atoms with van der Waals surface area (Å²) < 4.78 is 5.39. The zero-order valence-electron chi connectivity index (χ0n) is 13.8. The van der Waals surface area contributed by atoms with Crippen LogP contribution < -0.4 is 16.0 Å². The van der Waals surface area contributed by atoms with Crippen LogP contribution in [-0.4, -0.2) is 48.6 Å². The smallest absolute Gasteiger partial charge is 0.252 e. The van der Waals surface area contributed by atoms with E-state index in [9.17, 15) is 9.59 Å². The minimum Gasteiger partial charge on any atom is -0.367 e. The topological polar surface area (TPSA) is 97.6 Å². The standard InChI is InChI=1S/C18H20N4O3/c19-17(23)15-10-22(7-8-25-15)16-9-13(18(24)20-11-5-6-11)12-3-1-2-4-14(12)21-16/h1-4,9,11,15H,5-8,10H2,(H2,19,23)(H,20,24). The molecular weight excluding hydrogens is 320 g/mol. The molecule has 130 valence electrons. The number of morpholine rings is 1. The number of carbonyl (C=O) groups excluding carboxylic acids is 2. The molecule has 1 saturated heterocycles. The Hall–Kier alpha value is -2.67. The molecule has 2 heterocycles. The number of anilines is 1. The van der Waals surface area contributed by atoms with Gasteiger partial charge in [-0.1, -0.05) is 18.2 Å². The molecule has 25 heavy (non-hydrogen) atoms. The molecule has 4 rings (SSSR count). The second kappa shape index (κ2) is 6.33. The fourth-order valence-electron chi connectivity index (χ4n) is 3.03. The monoisotopic (exact) mass is 340 g/mol. The van der Waals surface area contributed by atoms with Crippen LogP contribution in [0, 0.1) is 0 Å². The van der Waals surface area contributed by atoms with Crippen LogP contribution in [-0.2, 0) is 9.53 Å². The Bertz CT molecular complexity index is 834. The van der Waals surface area contributed by atoms with Gasteiger partial charge in [0.15, 0.2) is 6.10 Å². The van der Waals surface area contributed by atoms with Crippen molar-refractivity contribution in [1.29, 1.82) is 0 Å². The van der Waals surface area contributed by atoms with Crippen LogP contribution >= 0.6 is 0 Å². The summed E-state index contributed by atoms with van der Waals surface area (Å²) in [6, 6.07) is 9.66. The van der Waals surface area contributed by atoms with Gasteiger partial charge in [0.05, 0.1) is 24.2 Å². The van der Waals surface area contributed by atoms with Crippen LogP contribution in [0.1, 0.15) is 23.2 Å². The van der Waals surface area contributed by atoms with Gasteiger partial charge in [0, 0.05) is 18.0 Å². The van der Waals surface area contributed by atoms with E-state index in [1.54, 1.807) is 6.07 Å². The van der Waals surface area contributed by atoms with E-state index in [1.807, 2.05) is 29.2 Å². The zero-order chi connectivity index (χ0) is 17.4. The summed E-state index contributed by atoms with van der Waals surface area (Å²) in [6.45, 7) is 1.33. The number of hydrogen-bond acceptors (Lipinski definition) is 5. The Morgan fingerprint density at radius 1 is 1.28 bits per heavy atom. The number of nitrogens with one attached hydrogen (secondary N) is 1. The van der Waals surface area contributed by atoms with Crippen molar-refractivity contribution in [2.75, 3.05) is 24.6 Å². The normalized spacial score (nSPS) is 20.5. The first-order valence-electron chi connectivity index (χ1n) is 8.48. The number of primary amides is 1. The fourth-order valence-corrected chi connectivity index (χ4v) is 3.03. The summed E-state index contributed by atoms with van der Waals surface area (Å²) in [5, 5.41) is 3.86. The molecule has 1 unspecified atom stereocenters. The highest BCUT2D eigenvalue weighted by Crippen LogP contribution is 2.26. The molecular formula is C18H20N4O3.